The van der Waals surface area contributed by atoms with Crippen LogP contribution >= 0.6 is 0 Å². The Labute approximate surface area is 73.4 Å². The van der Waals surface area contributed by atoms with E-state index in [2.05, 4.69) is 16.4 Å². The number of carbonyl (C=O) groups is 1. The van der Waals surface area contributed by atoms with Crippen molar-refractivity contribution in [1.82, 2.24) is 0 Å². The zero-order valence-corrected chi connectivity index (χ0v) is 7.71. The quantitative estimate of drug-likeness (QED) is 0.472. The molecule has 0 radical (unpaired) electrons. The normalized spacial score (nSPS) is 10.2. The first kappa shape index (κ1) is 11.0. The number of ether oxygens (including phenoxy) is 2. The number of rotatable bonds is 5. The number of hydrogen-bond acceptors (Lipinski definition) is 3. The summed E-state index contributed by atoms with van der Waals surface area (Å²) in [5.41, 5.74) is 0. The Morgan fingerprint density at radius 3 is 2.58 bits per heavy atom. The van der Waals surface area contributed by atoms with Gasteiger partial charge in [-0.3, -0.25) is 0 Å². The molecule has 0 bridgehead atoms. The maximum absolute atomic E-state index is 10.6. The molecule has 0 heterocycles. The van der Waals surface area contributed by atoms with Crippen molar-refractivity contribution < 1.29 is 14.3 Å². The fourth-order valence-corrected chi connectivity index (χ4v) is 0.628. The Hall–Kier alpha value is -0.990. The van der Waals surface area contributed by atoms with Gasteiger partial charge < -0.3 is 9.47 Å². The second-order valence-corrected chi connectivity index (χ2v) is 2.25. The molecule has 0 aliphatic rings. The molecule has 0 aromatic carbocycles. The molecule has 12 heavy (non-hydrogen) atoms. The summed E-state index contributed by atoms with van der Waals surface area (Å²) < 4.78 is 9.23. The minimum Gasteiger partial charge on any atom is -0.435 e. The van der Waals surface area contributed by atoms with Crippen molar-refractivity contribution in [3.8, 4) is 0 Å². The predicted octanol–water partition coefficient (Wildman–Crippen LogP) is 2.52. The van der Waals surface area contributed by atoms with E-state index in [0.29, 0.717) is 13.2 Å². The lowest BCUT2D eigenvalue weighted by molar-refractivity contribution is 0.0673. The zero-order chi connectivity index (χ0) is 9.23. The summed E-state index contributed by atoms with van der Waals surface area (Å²) >= 11 is 0. The number of allylic oxidation sites excluding steroid dienone is 1. The molecule has 0 N–H and O–H groups in total. The molecule has 0 saturated heterocycles. The number of unbranched alkanes of at least 4 members (excludes halogenated alkanes) is 1. The van der Waals surface area contributed by atoms with E-state index in [1.807, 2.05) is 12.2 Å². The minimum absolute atomic E-state index is 0.304. The Balaban J connectivity index is 3.24. The number of carbonyl (C=O) groups excluding carboxylic acids is 1. The van der Waals surface area contributed by atoms with Gasteiger partial charge in [0, 0.05) is 0 Å². The van der Waals surface area contributed by atoms with E-state index in [1.54, 1.807) is 6.92 Å². The molecule has 0 spiro atoms. The first-order valence-corrected chi connectivity index (χ1v) is 4.25. The average Bonchev–Trinajstić information content (AvgIpc) is 2.05. The van der Waals surface area contributed by atoms with Crippen LogP contribution in [0.2, 0.25) is 0 Å². The minimum atomic E-state index is -0.598. The summed E-state index contributed by atoms with van der Waals surface area (Å²) in [7, 11) is 0. The van der Waals surface area contributed by atoms with Crippen LogP contribution in [0.25, 0.3) is 0 Å². The van der Waals surface area contributed by atoms with Crippen LogP contribution < -0.4 is 0 Å². The third-order valence-corrected chi connectivity index (χ3v) is 1.18. The lowest BCUT2D eigenvalue weighted by Gasteiger charge is -1.99. The summed E-state index contributed by atoms with van der Waals surface area (Å²) in [5, 5.41) is 0. The van der Waals surface area contributed by atoms with E-state index in [1.165, 1.54) is 0 Å². The fourth-order valence-electron chi connectivity index (χ4n) is 0.628. The molecule has 0 fully saturated rings. The van der Waals surface area contributed by atoms with E-state index >= 15 is 0 Å². The summed E-state index contributed by atoms with van der Waals surface area (Å²) in [6, 6.07) is 0. The molecule has 0 aromatic rings. The van der Waals surface area contributed by atoms with E-state index in [0.717, 1.165) is 12.8 Å². The highest BCUT2D eigenvalue weighted by atomic mass is 16.7. The topological polar surface area (TPSA) is 35.5 Å². The summed E-state index contributed by atoms with van der Waals surface area (Å²) in [5.74, 6) is 0. The van der Waals surface area contributed by atoms with Gasteiger partial charge >= 0.3 is 6.16 Å². The maximum Gasteiger partial charge on any atom is 0.508 e. The summed E-state index contributed by atoms with van der Waals surface area (Å²) in [6.45, 7) is 4.50. The standard InChI is InChI=1S/C9H16O3/c1-3-5-6-7-8-12-9(10)11-4-2/h6-7H,3-5,8H2,1-2H3. The van der Waals surface area contributed by atoms with E-state index in [-0.39, 0.29) is 0 Å². The first-order valence-electron chi connectivity index (χ1n) is 4.25. The second kappa shape index (κ2) is 8.11. The molecular weight excluding hydrogens is 156 g/mol. The Morgan fingerprint density at radius 2 is 2.00 bits per heavy atom. The molecule has 0 unspecified atom stereocenters. The Bertz CT molecular complexity index is 141. The monoisotopic (exact) mass is 172 g/mol. The Kier molecular flexibility index (Phi) is 7.44. The molecule has 0 atom stereocenters. The van der Waals surface area contributed by atoms with Gasteiger partial charge in [0.1, 0.15) is 6.61 Å². The maximum atomic E-state index is 10.6. The van der Waals surface area contributed by atoms with E-state index < -0.39 is 6.16 Å². The van der Waals surface area contributed by atoms with Crippen LogP contribution in [-0.2, 0) is 9.47 Å². The van der Waals surface area contributed by atoms with Gasteiger partial charge in [-0.05, 0) is 13.3 Å². The van der Waals surface area contributed by atoms with Crippen LogP contribution in [-0.4, -0.2) is 19.4 Å². The van der Waals surface area contributed by atoms with Crippen LogP contribution in [0.3, 0.4) is 0 Å². The van der Waals surface area contributed by atoms with Crippen LogP contribution in [0.5, 0.6) is 0 Å². The van der Waals surface area contributed by atoms with Crippen LogP contribution in [0.15, 0.2) is 12.2 Å². The van der Waals surface area contributed by atoms with Crippen LogP contribution in [0.4, 0.5) is 4.79 Å². The third-order valence-electron chi connectivity index (χ3n) is 1.18. The van der Waals surface area contributed by atoms with Gasteiger partial charge in [-0.15, -0.1) is 0 Å². The van der Waals surface area contributed by atoms with Crippen molar-refractivity contribution in [3.63, 3.8) is 0 Å². The van der Waals surface area contributed by atoms with Crippen molar-refractivity contribution in [3.05, 3.63) is 12.2 Å². The molecule has 3 nitrogen and oxygen atoms in total. The van der Waals surface area contributed by atoms with Gasteiger partial charge in [0.2, 0.25) is 0 Å². The van der Waals surface area contributed by atoms with Gasteiger partial charge in [0.05, 0.1) is 6.61 Å². The average molecular weight is 172 g/mol. The van der Waals surface area contributed by atoms with Gasteiger partial charge in [-0.2, -0.15) is 0 Å². The largest absolute Gasteiger partial charge is 0.508 e. The zero-order valence-electron chi connectivity index (χ0n) is 7.71. The molecular formula is C9H16O3. The highest BCUT2D eigenvalue weighted by Gasteiger charge is 1.97. The van der Waals surface area contributed by atoms with Crippen molar-refractivity contribution in [1.29, 1.82) is 0 Å². The van der Waals surface area contributed by atoms with Gasteiger partial charge in [-0.1, -0.05) is 25.5 Å². The molecule has 0 aromatic heterocycles. The van der Waals surface area contributed by atoms with Gasteiger partial charge in [0.25, 0.3) is 0 Å². The molecule has 0 rings (SSSR count). The van der Waals surface area contributed by atoms with Crippen molar-refractivity contribution in [2.75, 3.05) is 13.2 Å². The van der Waals surface area contributed by atoms with Crippen molar-refractivity contribution in [2.45, 2.75) is 26.7 Å². The summed E-state index contributed by atoms with van der Waals surface area (Å²) in [4.78, 5) is 10.6. The second-order valence-electron chi connectivity index (χ2n) is 2.25. The van der Waals surface area contributed by atoms with Crippen molar-refractivity contribution >= 4 is 6.16 Å². The van der Waals surface area contributed by atoms with E-state index in [4.69, 9.17) is 0 Å². The van der Waals surface area contributed by atoms with Crippen LogP contribution in [0.1, 0.15) is 26.7 Å². The SMILES string of the molecule is CCCC=CCOC(=O)OCC. The van der Waals surface area contributed by atoms with Crippen molar-refractivity contribution in [2.24, 2.45) is 0 Å². The molecule has 0 aliphatic heterocycles. The van der Waals surface area contributed by atoms with E-state index in [9.17, 15) is 4.79 Å². The van der Waals surface area contributed by atoms with Gasteiger partial charge in [0.15, 0.2) is 0 Å². The molecule has 3 heteroatoms. The summed E-state index contributed by atoms with van der Waals surface area (Å²) in [6.07, 6.45) is 5.33. The molecule has 0 amide bonds. The fraction of sp³-hybridized carbons (Fsp3) is 0.667. The highest BCUT2D eigenvalue weighted by molar-refractivity contribution is 5.59. The predicted molar refractivity (Wildman–Crippen MR) is 47.0 cm³/mol. The molecule has 0 aliphatic carbocycles. The van der Waals surface area contributed by atoms with Gasteiger partial charge in [-0.25, -0.2) is 4.79 Å². The highest BCUT2D eigenvalue weighted by Crippen LogP contribution is 1.90. The lowest BCUT2D eigenvalue weighted by Crippen LogP contribution is -2.06. The lowest BCUT2D eigenvalue weighted by atomic mass is 10.3. The first-order chi connectivity index (χ1) is 5.81. The third kappa shape index (κ3) is 7.12. The number of hydrogen-bond donors (Lipinski definition) is 0. The Morgan fingerprint density at radius 1 is 1.25 bits per heavy atom. The smallest absolute Gasteiger partial charge is 0.435 e. The van der Waals surface area contributed by atoms with Crippen LogP contribution in [0, 0.1) is 0 Å². The molecule has 70 valence electrons. The molecule has 0 saturated carbocycles.